The average molecular weight is 458 g/mol. The molecule has 24 heavy (non-hydrogen) atoms. The average Bonchev–Trinajstić information content (AvgIpc) is 2.56. The molecule has 1 rings (SSSR count). The second-order valence-electron chi connectivity index (χ2n) is 4.98. The van der Waals surface area contributed by atoms with E-state index < -0.39 is 44.1 Å². The first-order chi connectivity index (χ1) is 11.4. The molecule has 0 saturated heterocycles. The van der Waals surface area contributed by atoms with Gasteiger partial charge in [-0.1, -0.05) is 26.7 Å². The van der Waals surface area contributed by atoms with Crippen molar-refractivity contribution in [1.82, 2.24) is 0 Å². The molecule has 0 radical (unpaired) electrons. The van der Waals surface area contributed by atoms with Crippen molar-refractivity contribution in [3.05, 3.63) is 32.1 Å². The van der Waals surface area contributed by atoms with Crippen LogP contribution in [0.1, 0.15) is 60.2 Å². The Bertz CT molecular complexity index is 567. The number of hydrogen-bond acceptors (Lipinski definition) is 4. The molecule has 0 N–H and O–H groups in total. The number of benzene rings is 1. The van der Waals surface area contributed by atoms with E-state index in [0.717, 1.165) is 6.42 Å². The number of carbonyl (C=O) groups excluding carboxylic acids is 2. The van der Waals surface area contributed by atoms with Gasteiger partial charge in [0.05, 0.1) is 16.8 Å². The van der Waals surface area contributed by atoms with Crippen LogP contribution in [0.5, 0.6) is 0 Å². The van der Waals surface area contributed by atoms with Gasteiger partial charge in [0.1, 0.15) is 11.1 Å². The van der Waals surface area contributed by atoms with Crippen LogP contribution in [0.15, 0.2) is 0 Å². The van der Waals surface area contributed by atoms with Crippen LogP contribution >= 0.6 is 22.6 Å². The first-order valence-corrected chi connectivity index (χ1v) is 8.64. The number of ether oxygens (including phenoxy) is 2. The molecule has 0 aliphatic heterocycles. The standard InChI is InChI=1S/C16H18F3IO4/c1-3-5-7-23-15(21)9-10(16(22)24-8-6-4-2)12(18)14(20)13(19)11(9)17/h3-8H2,1-2H3. The molecule has 8 heteroatoms. The number of carbonyl (C=O) groups is 2. The Morgan fingerprint density at radius 1 is 0.833 bits per heavy atom. The number of hydrogen-bond donors (Lipinski definition) is 0. The van der Waals surface area contributed by atoms with Crippen LogP contribution in [0.2, 0.25) is 0 Å². The lowest BCUT2D eigenvalue weighted by molar-refractivity contribution is 0.0441. The van der Waals surface area contributed by atoms with Crippen molar-refractivity contribution in [2.45, 2.75) is 39.5 Å². The molecule has 1 aromatic carbocycles. The van der Waals surface area contributed by atoms with E-state index >= 15 is 0 Å². The molecule has 0 fully saturated rings. The largest absolute Gasteiger partial charge is 0.462 e. The van der Waals surface area contributed by atoms with Gasteiger partial charge < -0.3 is 9.47 Å². The molecule has 0 amide bonds. The summed E-state index contributed by atoms with van der Waals surface area (Å²) < 4.78 is 51.1. The highest BCUT2D eigenvalue weighted by Crippen LogP contribution is 2.28. The van der Waals surface area contributed by atoms with Crippen molar-refractivity contribution < 1.29 is 32.2 Å². The highest BCUT2D eigenvalue weighted by atomic mass is 127. The van der Waals surface area contributed by atoms with Crippen molar-refractivity contribution >= 4 is 34.5 Å². The van der Waals surface area contributed by atoms with Crippen LogP contribution in [0.3, 0.4) is 0 Å². The minimum Gasteiger partial charge on any atom is -0.462 e. The highest BCUT2D eigenvalue weighted by Gasteiger charge is 2.33. The maximum absolute atomic E-state index is 14.3. The molecule has 0 unspecified atom stereocenters. The molecule has 0 heterocycles. The number of halogens is 4. The van der Waals surface area contributed by atoms with E-state index in [9.17, 15) is 22.8 Å². The molecular weight excluding hydrogens is 440 g/mol. The predicted octanol–water partition coefficient (Wildman–Crippen LogP) is 4.62. The van der Waals surface area contributed by atoms with Crippen molar-refractivity contribution in [1.29, 1.82) is 0 Å². The van der Waals surface area contributed by atoms with Gasteiger partial charge in [0.25, 0.3) is 0 Å². The molecule has 0 aromatic heterocycles. The zero-order chi connectivity index (χ0) is 18.3. The minimum atomic E-state index is -1.62. The molecule has 0 spiro atoms. The summed E-state index contributed by atoms with van der Waals surface area (Å²) in [6.45, 7) is 3.63. The van der Waals surface area contributed by atoms with Crippen LogP contribution in [0.4, 0.5) is 13.2 Å². The lowest BCUT2D eigenvalue weighted by Gasteiger charge is -2.13. The van der Waals surface area contributed by atoms with E-state index in [4.69, 9.17) is 9.47 Å². The van der Waals surface area contributed by atoms with Crippen molar-refractivity contribution in [2.24, 2.45) is 0 Å². The number of rotatable bonds is 8. The SMILES string of the molecule is CCCCOC(=O)c1c(F)c(F)c(I)c(F)c1C(=O)OCCCC. The van der Waals surface area contributed by atoms with Crippen LogP contribution < -0.4 is 0 Å². The quantitative estimate of drug-likeness (QED) is 0.188. The van der Waals surface area contributed by atoms with Gasteiger partial charge in [0, 0.05) is 0 Å². The van der Waals surface area contributed by atoms with Gasteiger partial charge in [0.2, 0.25) is 0 Å². The van der Waals surface area contributed by atoms with Crippen LogP contribution in [-0.4, -0.2) is 25.2 Å². The normalized spacial score (nSPS) is 10.6. The number of esters is 2. The second kappa shape index (κ2) is 9.85. The van der Waals surface area contributed by atoms with Crippen LogP contribution in [0, 0.1) is 21.0 Å². The van der Waals surface area contributed by atoms with E-state index in [-0.39, 0.29) is 13.2 Å². The smallest absolute Gasteiger partial charge is 0.342 e. The monoisotopic (exact) mass is 458 g/mol. The van der Waals surface area contributed by atoms with Gasteiger partial charge in [-0.25, -0.2) is 22.8 Å². The summed E-state index contributed by atoms with van der Waals surface area (Å²) >= 11 is 1.22. The van der Waals surface area contributed by atoms with Gasteiger partial charge in [-0.3, -0.25) is 0 Å². The predicted molar refractivity (Wildman–Crippen MR) is 89.4 cm³/mol. The van der Waals surface area contributed by atoms with E-state index in [1.54, 1.807) is 0 Å². The summed E-state index contributed by atoms with van der Waals surface area (Å²) in [4.78, 5) is 24.1. The maximum atomic E-state index is 14.3. The van der Waals surface area contributed by atoms with Crippen molar-refractivity contribution in [3.63, 3.8) is 0 Å². The Labute approximate surface area is 151 Å². The first-order valence-electron chi connectivity index (χ1n) is 7.56. The molecule has 1 aromatic rings. The third-order valence-corrected chi connectivity index (χ3v) is 4.08. The zero-order valence-electron chi connectivity index (χ0n) is 13.4. The summed E-state index contributed by atoms with van der Waals surface area (Å²) in [5.41, 5.74) is -2.00. The fourth-order valence-electron chi connectivity index (χ4n) is 1.78. The molecule has 0 aliphatic rings. The molecule has 0 saturated carbocycles. The zero-order valence-corrected chi connectivity index (χ0v) is 15.5. The van der Waals surface area contributed by atoms with E-state index in [1.165, 1.54) is 22.6 Å². The Morgan fingerprint density at radius 3 is 1.67 bits per heavy atom. The Hall–Kier alpha value is -1.32. The topological polar surface area (TPSA) is 52.6 Å². The van der Waals surface area contributed by atoms with E-state index in [0.29, 0.717) is 19.3 Å². The summed E-state index contributed by atoms with van der Waals surface area (Å²) in [5.74, 6) is -7.01. The second-order valence-corrected chi connectivity index (χ2v) is 6.06. The summed E-state index contributed by atoms with van der Waals surface area (Å²) in [5, 5.41) is 0. The Balaban J connectivity index is 3.28. The van der Waals surface area contributed by atoms with Crippen molar-refractivity contribution in [3.8, 4) is 0 Å². The highest BCUT2D eigenvalue weighted by molar-refractivity contribution is 14.1. The summed E-state index contributed by atoms with van der Waals surface area (Å²) in [6.07, 6.45) is 2.44. The molecule has 0 bridgehead atoms. The molecule has 0 aliphatic carbocycles. The van der Waals surface area contributed by atoms with Gasteiger partial charge in [0.15, 0.2) is 17.5 Å². The molecule has 0 atom stereocenters. The number of unbranched alkanes of at least 4 members (excludes halogenated alkanes) is 2. The summed E-state index contributed by atoms with van der Waals surface area (Å²) in [6, 6.07) is 0. The van der Waals surface area contributed by atoms with Gasteiger partial charge in [-0.15, -0.1) is 0 Å². The van der Waals surface area contributed by atoms with Crippen LogP contribution in [0.25, 0.3) is 0 Å². The third-order valence-electron chi connectivity index (χ3n) is 3.14. The fourth-order valence-corrected chi connectivity index (χ4v) is 2.28. The molecular formula is C16H18F3IO4. The van der Waals surface area contributed by atoms with Crippen molar-refractivity contribution in [2.75, 3.05) is 13.2 Å². The fraction of sp³-hybridized carbons (Fsp3) is 0.500. The maximum Gasteiger partial charge on any atom is 0.342 e. The summed E-state index contributed by atoms with van der Waals surface area (Å²) in [7, 11) is 0. The Kier molecular flexibility index (Phi) is 8.51. The lowest BCUT2D eigenvalue weighted by Crippen LogP contribution is -2.21. The molecule has 134 valence electrons. The van der Waals surface area contributed by atoms with Gasteiger partial charge >= 0.3 is 11.9 Å². The minimum absolute atomic E-state index is 0.0192. The third kappa shape index (κ3) is 4.84. The van der Waals surface area contributed by atoms with Gasteiger partial charge in [-0.05, 0) is 35.4 Å². The van der Waals surface area contributed by atoms with Crippen LogP contribution in [-0.2, 0) is 9.47 Å². The van der Waals surface area contributed by atoms with Gasteiger partial charge in [-0.2, -0.15) is 0 Å². The van der Waals surface area contributed by atoms with E-state index in [1.807, 2.05) is 13.8 Å². The first kappa shape index (κ1) is 20.7. The Morgan fingerprint density at radius 2 is 1.25 bits per heavy atom. The lowest BCUT2D eigenvalue weighted by atomic mass is 10.1. The molecule has 4 nitrogen and oxygen atoms in total. The van der Waals surface area contributed by atoms with E-state index in [2.05, 4.69) is 0 Å².